The van der Waals surface area contributed by atoms with Crippen molar-refractivity contribution in [1.82, 2.24) is 0 Å². The summed E-state index contributed by atoms with van der Waals surface area (Å²) in [5.74, 6) is 0.0341. The number of carbonyl (C=O) groups excluding carboxylic acids is 1. The second-order valence-electron chi connectivity index (χ2n) is 3.29. The number of carbonyl (C=O) groups is 2. The summed E-state index contributed by atoms with van der Waals surface area (Å²) in [6.45, 7) is 0. The predicted molar refractivity (Wildman–Crippen MR) is 55.7 cm³/mol. The molecule has 0 heterocycles. The number of halogens is 1. The molecule has 0 amide bonds. The highest BCUT2D eigenvalue weighted by Gasteiger charge is 2.02. The van der Waals surface area contributed by atoms with Crippen LogP contribution >= 0.6 is 11.6 Å². The lowest BCUT2D eigenvalue weighted by molar-refractivity contribution is -0.137. The zero-order chi connectivity index (χ0) is 10.8. The Kier molecular flexibility index (Phi) is 8.64. The molecule has 0 aromatic heterocycles. The van der Waals surface area contributed by atoms with Crippen LogP contribution in [0.3, 0.4) is 0 Å². The van der Waals surface area contributed by atoms with Crippen molar-refractivity contribution in [3.8, 4) is 0 Å². The standard InChI is InChI=1S/C10H17ClO3/c11-8-4-3-6-9(12)5-1-2-7-10(13)14/h1-8H2,(H,13,14). The molecule has 0 saturated carbocycles. The number of Topliss-reactive ketones (excluding diaryl/α,β-unsaturated/α-hetero) is 1. The fraction of sp³-hybridized carbons (Fsp3) is 0.800. The summed E-state index contributed by atoms with van der Waals surface area (Å²) in [7, 11) is 0. The van der Waals surface area contributed by atoms with Gasteiger partial charge < -0.3 is 5.11 Å². The third-order valence-electron chi connectivity index (χ3n) is 1.94. The molecule has 4 heteroatoms. The Labute approximate surface area is 89.4 Å². The lowest BCUT2D eigenvalue weighted by atomic mass is 10.1. The normalized spacial score (nSPS) is 10.1. The molecule has 0 aromatic rings. The number of ketones is 1. The van der Waals surface area contributed by atoms with Crippen molar-refractivity contribution in [2.45, 2.75) is 44.9 Å². The third-order valence-corrected chi connectivity index (χ3v) is 2.20. The minimum atomic E-state index is -0.792. The van der Waals surface area contributed by atoms with E-state index in [1.807, 2.05) is 0 Å². The van der Waals surface area contributed by atoms with Crippen LogP contribution in [-0.4, -0.2) is 22.7 Å². The molecule has 0 radical (unpaired) electrons. The third kappa shape index (κ3) is 9.52. The fourth-order valence-electron chi connectivity index (χ4n) is 1.14. The van der Waals surface area contributed by atoms with Crippen LogP contribution in [0.1, 0.15) is 44.9 Å². The summed E-state index contributed by atoms with van der Waals surface area (Å²) in [4.78, 5) is 21.3. The fourth-order valence-corrected chi connectivity index (χ4v) is 1.33. The first kappa shape index (κ1) is 13.4. The monoisotopic (exact) mass is 220 g/mol. The maximum Gasteiger partial charge on any atom is 0.303 e. The highest BCUT2D eigenvalue weighted by Crippen LogP contribution is 2.05. The molecule has 0 saturated heterocycles. The molecule has 0 aromatic carbocycles. The van der Waals surface area contributed by atoms with E-state index in [4.69, 9.17) is 16.7 Å². The lowest BCUT2D eigenvalue weighted by Gasteiger charge is -1.99. The van der Waals surface area contributed by atoms with Crippen molar-refractivity contribution < 1.29 is 14.7 Å². The minimum absolute atomic E-state index is 0.162. The largest absolute Gasteiger partial charge is 0.481 e. The Hall–Kier alpha value is -0.570. The Bertz CT molecular complexity index is 180. The number of unbranched alkanes of at least 4 members (excludes halogenated alkanes) is 2. The van der Waals surface area contributed by atoms with Crippen molar-refractivity contribution in [2.75, 3.05) is 5.88 Å². The van der Waals surface area contributed by atoms with Gasteiger partial charge in [0.15, 0.2) is 0 Å². The predicted octanol–water partition coefficient (Wildman–Crippen LogP) is 2.61. The molecular formula is C10H17ClO3. The summed E-state index contributed by atoms with van der Waals surface area (Å²) in [6.07, 6.45) is 4.26. The number of aliphatic carboxylic acids is 1. The van der Waals surface area contributed by atoms with Crippen LogP contribution in [0.4, 0.5) is 0 Å². The summed E-state index contributed by atoms with van der Waals surface area (Å²) in [5, 5.41) is 8.35. The van der Waals surface area contributed by atoms with E-state index in [0.717, 1.165) is 12.8 Å². The average molecular weight is 221 g/mol. The first-order valence-corrected chi connectivity index (χ1v) is 5.49. The molecular weight excluding hydrogens is 204 g/mol. The van der Waals surface area contributed by atoms with E-state index in [2.05, 4.69) is 0 Å². The number of rotatable bonds is 9. The maximum absolute atomic E-state index is 11.2. The molecule has 1 N–H and O–H groups in total. The molecule has 82 valence electrons. The average Bonchev–Trinajstić information content (AvgIpc) is 2.13. The van der Waals surface area contributed by atoms with Gasteiger partial charge in [-0.05, 0) is 25.7 Å². The SMILES string of the molecule is O=C(O)CCCCC(=O)CCCCCl. The van der Waals surface area contributed by atoms with E-state index in [1.54, 1.807) is 0 Å². The van der Waals surface area contributed by atoms with Crippen LogP contribution in [0.5, 0.6) is 0 Å². The zero-order valence-corrected chi connectivity index (χ0v) is 9.05. The van der Waals surface area contributed by atoms with Crippen molar-refractivity contribution in [3.63, 3.8) is 0 Å². The van der Waals surface area contributed by atoms with Gasteiger partial charge in [0.2, 0.25) is 0 Å². The Balaban J connectivity index is 3.22. The maximum atomic E-state index is 11.2. The van der Waals surface area contributed by atoms with Crippen LogP contribution in [0, 0.1) is 0 Å². The van der Waals surface area contributed by atoms with E-state index in [-0.39, 0.29) is 12.2 Å². The van der Waals surface area contributed by atoms with Gasteiger partial charge in [-0.15, -0.1) is 11.6 Å². The molecule has 0 fully saturated rings. The summed E-state index contributed by atoms with van der Waals surface area (Å²) < 4.78 is 0. The van der Waals surface area contributed by atoms with E-state index in [9.17, 15) is 9.59 Å². The van der Waals surface area contributed by atoms with Crippen molar-refractivity contribution in [2.24, 2.45) is 0 Å². The van der Waals surface area contributed by atoms with Gasteiger partial charge in [-0.1, -0.05) is 0 Å². The van der Waals surface area contributed by atoms with E-state index >= 15 is 0 Å². The Morgan fingerprint density at radius 2 is 1.43 bits per heavy atom. The molecule has 0 spiro atoms. The Morgan fingerprint density at radius 3 is 1.93 bits per heavy atom. The smallest absolute Gasteiger partial charge is 0.303 e. The minimum Gasteiger partial charge on any atom is -0.481 e. The number of carboxylic acid groups (broad SMARTS) is 1. The van der Waals surface area contributed by atoms with Crippen molar-refractivity contribution in [3.05, 3.63) is 0 Å². The lowest BCUT2D eigenvalue weighted by Crippen LogP contribution is -1.99. The highest BCUT2D eigenvalue weighted by molar-refractivity contribution is 6.17. The van der Waals surface area contributed by atoms with Gasteiger partial charge in [-0.2, -0.15) is 0 Å². The first-order valence-electron chi connectivity index (χ1n) is 4.96. The number of alkyl halides is 1. The van der Waals surface area contributed by atoms with Gasteiger partial charge in [0.25, 0.3) is 0 Å². The van der Waals surface area contributed by atoms with Crippen LogP contribution in [0.25, 0.3) is 0 Å². The quantitative estimate of drug-likeness (QED) is 0.480. The molecule has 0 aliphatic heterocycles. The molecule has 0 unspecified atom stereocenters. The second kappa shape index (κ2) is 9.00. The molecule has 0 aliphatic carbocycles. The van der Waals surface area contributed by atoms with E-state index in [0.29, 0.717) is 31.6 Å². The van der Waals surface area contributed by atoms with E-state index in [1.165, 1.54) is 0 Å². The zero-order valence-electron chi connectivity index (χ0n) is 8.30. The molecule has 0 rings (SSSR count). The van der Waals surface area contributed by atoms with Crippen molar-refractivity contribution in [1.29, 1.82) is 0 Å². The van der Waals surface area contributed by atoms with Crippen LogP contribution in [0.2, 0.25) is 0 Å². The molecule has 3 nitrogen and oxygen atoms in total. The van der Waals surface area contributed by atoms with Crippen LogP contribution < -0.4 is 0 Å². The molecule has 0 atom stereocenters. The second-order valence-corrected chi connectivity index (χ2v) is 3.66. The van der Waals surface area contributed by atoms with Crippen LogP contribution in [-0.2, 0) is 9.59 Å². The Morgan fingerprint density at radius 1 is 0.929 bits per heavy atom. The first-order chi connectivity index (χ1) is 6.66. The summed E-state index contributed by atoms with van der Waals surface area (Å²) in [5.41, 5.74) is 0. The van der Waals surface area contributed by atoms with Gasteiger partial charge in [-0.25, -0.2) is 0 Å². The molecule has 14 heavy (non-hydrogen) atoms. The number of hydrogen-bond donors (Lipinski definition) is 1. The number of carboxylic acids is 1. The van der Waals surface area contributed by atoms with E-state index < -0.39 is 5.97 Å². The van der Waals surface area contributed by atoms with Gasteiger partial charge >= 0.3 is 5.97 Å². The van der Waals surface area contributed by atoms with Gasteiger partial charge in [0, 0.05) is 25.1 Å². The van der Waals surface area contributed by atoms with Gasteiger partial charge in [0.1, 0.15) is 5.78 Å². The van der Waals surface area contributed by atoms with Gasteiger partial charge in [0.05, 0.1) is 0 Å². The summed E-state index contributed by atoms with van der Waals surface area (Å²) >= 11 is 5.47. The van der Waals surface area contributed by atoms with Gasteiger partial charge in [-0.3, -0.25) is 9.59 Å². The highest BCUT2D eigenvalue weighted by atomic mass is 35.5. The van der Waals surface area contributed by atoms with Crippen molar-refractivity contribution >= 4 is 23.4 Å². The molecule has 0 aliphatic rings. The topological polar surface area (TPSA) is 54.4 Å². The molecule has 0 bridgehead atoms. The number of hydrogen-bond acceptors (Lipinski definition) is 2. The van der Waals surface area contributed by atoms with Crippen LogP contribution in [0.15, 0.2) is 0 Å². The summed E-state index contributed by atoms with van der Waals surface area (Å²) in [6, 6.07) is 0.